The maximum Gasteiger partial charge on any atom is 0.238 e. The molecule has 1 amide bonds. The Morgan fingerprint density at radius 2 is 2.29 bits per heavy atom. The van der Waals surface area contributed by atoms with Crippen molar-refractivity contribution in [1.82, 2.24) is 9.38 Å². The lowest BCUT2D eigenvalue weighted by atomic mass is 10.3. The summed E-state index contributed by atoms with van der Waals surface area (Å²) in [5.74, 6) is -0.195. The molecule has 0 atom stereocenters. The van der Waals surface area contributed by atoms with Gasteiger partial charge in [-0.05, 0) is 25.5 Å². The van der Waals surface area contributed by atoms with Gasteiger partial charge in [0.1, 0.15) is 5.65 Å². The van der Waals surface area contributed by atoms with Crippen molar-refractivity contribution in [3.63, 3.8) is 0 Å². The van der Waals surface area contributed by atoms with E-state index in [9.17, 15) is 4.79 Å². The molecule has 0 radical (unpaired) electrons. The largest absolute Gasteiger partial charge is 0.324 e. The molecule has 0 unspecified atom stereocenters. The molecule has 2 rings (SSSR count). The lowest BCUT2D eigenvalue weighted by Gasteiger charge is -2.05. The predicted octanol–water partition coefficient (Wildman–Crippen LogP) is 1.10. The number of nitrogens with zero attached hydrogens (tertiary/aromatic N) is 2. The van der Waals surface area contributed by atoms with Crippen LogP contribution in [-0.4, -0.2) is 21.8 Å². The number of amides is 1. The van der Waals surface area contributed by atoms with E-state index in [0.29, 0.717) is 0 Å². The summed E-state index contributed by atoms with van der Waals surface area (Å²) in [7, 11) is 0. The summed E-state index contributed by atoms with van der Waals surface area (Å²) in [6.45, 7) is 4.06. The summed E-state index contributed by atoms with van der Waals surface area (Å²) in [5, 5.41) is 2.73. The van der Waals surface area contributed by atoms with E-state index >= 15 is 0 Å². The van der Waals surface area contributed by atoms with Gasteiger partial charge in [0, 0.05) is 11.9 Å². The van der Waals surface area contributed by atoms with Crippen molar-refractivity contribution in [2.75, 3.05) is 11.9 Å². The number of nitrogens with one attached hydrogen (secondary N) is 1. The van der Waals surface area contributed by atoms with Crippen LogP contribution in [0.25, 0.3) is 5.65 Å². The molecule has 0 saturated carbocycles. The van der Waals surface area contributed by atoms with Crippen LogP contribution in [0.15, 0.2) is 18.3 Å². The standard InChI is InChI=1S/C12H16N4O/c1-3-10-8(2)14-11-5-4-9(7-16(10)11)15-12(17)6-13/h4-5,7H,3,6,13H2,1-2H3,(H,15,17). The second-order valence-corrected chi connectivity index (χ2v) is 3.90. The van der Waals surface area contributed by atoms with E-state index in [2.05, 4.69) is 17.2 Å². The van der Waals surface area contributed by atoms with Gasteiger partial charge in [0.2, 0.25) is 5.91 Å². The van der Waals surface area contributed by atoms with Crippen LogP contribution in [0.5, 0.6) is 0 Å². The first-order chi connectivity index (χ1) is 8.15. The minimum Gasteiger partial charge on any atom is -0.324 e. The zero-order chi connectivity index (χ0) is 12.4. The average molecular weight is 232 g/mol. The van der Waals surface area contributed by atoms with Crippen LogP contribution < -0.4 is 11.1 Å². The minimum absolute atomic E-state index is 0.0123. The Balaban J connectivity index is 2.45. The normalized spacial score (nSPS) is 10.8. The fourth-order valence-electron chi connectivity index (χ4n) is 1.92. The van der Waals surface area contributed by atoms with Crippen LogP contribution in [0.2, 0.25) is 0 Å². The van der Waals surface area contributed by atoms with E-state index in [1.54, 1.807) is 0 Å². The third kappa shape index (κ3) is 2.14. The number of nitrogens with two attached hydrogens (primary N) is 1. The first-order valence-electron chi connectivity index (χ1n) is 5.63. The number of aromatic nitrogens is 2. The molecule has 0 bridgehead atoms. The molecular formula is C12H16N4O. The van der Waals surface area contributed by atoms with Gasteiger partial charge in [-0.1, -0.05) is 6.92 Å². The second-order valence-electron chi connectivity index (χ2n) is 3.90. The molecule has 5 nitrogen and oxygen atoms in total. The number of imidazole rings is 1. The Labute approximate surface area is 99.6 Å². The smallest absolute Gasteiger partial charge is 0.238 e. The Hall–Kier alpha value is -1.88. The van der Waals surface area contributed by atoms with E-state index in [1.165, 1.54) is 0 Å². The van der Waals surface area contributed by atoms with Gasteiger partial charge >= 0.3 is 0 Å². The van der Waals surface area contributed by atoms with E-state index in [1.807, 2.05) is 29.7 Å². The maximum absolute atomic E-state index is 11.2. The number of hydrogen-bond acceptors (Lipinski definition) is 3. The van der Waals surface area contributed by atoms with Crippen LogP contribution in [0.4, 0.5) is 5.69 Å². The molecule has 90 valence electrons. The molecule has 17 heavy (non-hydrogen) atoms. The Bertz CT molecular complexity index is 559. The molecule has 0 saturated heterocycles. The van der Waals surface area contributed by atoms with E-state index in [4.69, 9.17) is 5.73 Å². The Morgan fingerprint density at radius 3 is 2.94 bits per heavy atom. The monoisotopic (exact) mass is 232 g/mol. The number of aryl methyl sites for hydroxylation is 2. The zero-order valence-corrected chi connectivity index (χ0v) is 10.0. The van der Waals surface area contributed by atoms with Crippen molar-refractivity contribution < 1.29 is 4.79 Å². The van der Waals surface area contributed by atoms with Crippen LogP contribution in [-0.2, 0) is 11.2 Å². The molecule has 0 aliphatic heterocycles. The molecular weight excluding hydrogens is 216 g/mol. The molecule has 0 fully saturated rings. The number of rotatable bonds is 3. The number of anilines is 1. The molecule has 3 N–H and O–H groups in total. The van der Waals surface area contributed by atoms with E-state index in [-0.39, 0.29) is 12.5 Å². The average Bonchev–Trinajstić information content (AvgIpc) is 2.63. The van der Waals surface area contributed by atoms with Gasteiger partial charge in [-0.2, -0.15) is 0 Å². The van der Waals surface area contributed by atoms with Crippen molar-refractivity contribution in [3.05, 3.63) is 29.7 Å². The summed E-state index contributed by atoms with van der Waals surface area (Å²) < 4.78 is 2.00. The summed E-state index contributed by atoms with van der Waals surface area (Å²) in [6, 6.07) is 3.72. The van der Waals surface area contributed by atoms with Crippen molar-refractivity contribution in [1.29, 1.82) is 0 Å². The van der Waals surface area contributed by atoms with Crippen LogP contribution in [0, 0.1) is 6.92 Å². The van der Waals surface area contributed by atoms with Gasteiger partial charge in [-0.25, -0.2) is 4.98 Å². The van der Waals surface area contributed by atoms with E-state index < -0.39 is 0 Å². The third-order valence-electron chi connectivity index (χ3n) is 2.72. The molecule has 2 aromatic rings. The number of hydrogen-bond donors (Lipinski definition) is 2. The van der Waals surface area contributed by atoms with E-state index in [0.717, 1.165) is 29.1 Å². The topological polar surface area (TPSA) is 72.4 Å². The molecule has 0 aromatic carbocycles. The summed E-state index contributed by atoms with van der Waals surface area (Å²) in [6.07, 6.45) is 2.78. The lowest BCUT2D eigenvalue weighted by Crippen LogP contribution is -2.21. The highest BCUT2D eigenvalue weighted by molar-refractivity contribution is 5.92. The van der Waals surface area contributed by atoms with Crippen molar-refractivity contribution >= 4 is 17.2 Å². The summed E-state index contributed by atoms with van der Waals surface area (Å²) >= 11 is 0. The van der Waals surface area contributed by atoms with Crippen LogP contribution >= 0.6 is 0 Å². The molecule has 0 aliphatic carbocycles. The molecule has 0 aliphatic rings. The van der Waals surface area contributed by atoms with Crippen LogP contribution in [0.1, 0.15) is 18.3 Å². The van der Waals surface area contributed by atoms with Gasteiger partial charge in [0.25, 0.3) is 0 Å². The number of carbonyl (C=O) groups excluding carboxylic acids is 1. The Kier molecular flexibility index (Phi) is 3.10. The molecule has 2 aromatic heterocycles. The van der Waals surface area contributed by atoms with Gasteiger partial charge in [0.15, 0.2) is 0 Å². The predicted molar refractivity (Wildman–Crippen MR) is 67.0 cm³/mol. The highest BCUT2D eigenvalue weighted by atomic mass is 16.1. The SMILES string of the molecule is CCc1c(C)nc2ccc(NC(=O)CN)cn12. The van der Waals surface area contributed by atoms with Crippen molar-refractivity contribution in [3.8, 4) is 0 Å². The van der Waals surface area contributed by atoms with Gasteiger partial charge in [-0.3, -0.25) is 4.79 Å². The highest BCUT2D eigenvalue weighted by Gasteiger charge is 2.07. The van der Waals surface area contributed by atoms with Crippen molar-refractivity contribution in [2.45, 2.75) is 20.3 Å². The maximum atomic E-state index is 11.2. The first kappa shape index (κ1) is 11.6. The number of fused-ring (bicyclic) bond motifs is 1. The fraction of sp³-hybridized carbons (Fsp3) is 0.333. The molecule has 5 heteroatoms. The highest BCUT2D eigenvalue weighted by Crippen LogP contribution is 2.16. The van der Waals surface area contributed by atoms with Crippen molar-refractivity contribution in [2.24, 2.45) is 5.73 Å². The third-order valence-corrected chi connectivity index (χ3v) is 2.72. The minimum atomic E-state index is -0.195. The number of carbonyl (C=O) groups is 1. The first-order valence-corrected chi connectivity index (χ1v) is 5.63. The zero-order valence-electron chi connectivity index (χ0n) is 10.0. The summed E-state index contributed by atoms with van der Waals surface area (Å²) in [5.41, 5.74) is 9.07. The molecule has 2 heterocycles. The molecule has 0 spiro atoms. The van der Waals surface area contributed by atoms with Gasteiger partial charge < -0.3 is 15.5 Å². The fourth-order valence-corrected chi connectivity index (χ4v) is 1.92. The Morgan fingerprint density at radius 1 is 1.53 bits per heavy atom. The summed E-state index contributed by atoms with van der Waals surface area (Å²) in [4.78, 5) is 15.7. The quantitative estimate of drug-likeness (QED) is 0.832. The van der Waals surface area contributed by atoms with Gasteiger partial charge in [-0.15, -0.1) is 0 Å². The lowest BCUT2D eigenvalue weighted by molar-refractivity contribution is -0.114. The van der Waals surface area contributed by atoms with Crippen LogP contribution in [0.3, 0.4) is 0 Å². The number of pyridine rings is 1. The second kappa shape index (κ2) is 4.55. The van der Waals surface area contributed by atoms with Gasteiger partial charge in [0.05, 0.1) is 17.9 Å².